The molecule has 208 valence electrons. The first-order valence-electron chi connectivity index (χ1n) is 13.2. The van der Waals surface area contributed by atoms with Gasteiger partial charge in [0.25, 0.3) is 0 Å². The number of aromatic nitrogens is 3. The lowest BCUT2D eigenvalue weighted by Gasteiger charge is -2.33. The van der Waals surface area contributed by atoms with Crippen LogP contribution < -0.4 is 19.7 Å². The number of methoxy groups -OCH3 is 2. The van der Waals surface area contributed by atoms with Gasteiger partial charge in [-0.15, -0.1) is 5.10 Å². The lowest BCUT2D eigenvalue weighted by atomic mass is 9.97. The van der Waals surface area contributed by atoms with Gasteiger partial charge in [-0.1, -0.05) is 71.9 Å². The summed E-state index contributed by atoms with van der Waals surface area (Å²) in [4.78, 5) is 30.0. The van der Waals surface area contributed by atoms with E-state index >= 15 is 0 Å². The normalized spacial score (nSPS) is 11.6. The number of fused-ring (bicyclic) bond motifs is 1. The molecule has 0 fully saturated rings. The lowest BCUT2D eigenvalue weighted by molar-refractivity contribution is -0.127. The van der Waals surface area contributed by atoms with Gasteiger partial charge in [-0.2, -0.15) is 0 Å². The fourth-order valence-corrected chi connectivity index (χ4v) is 4.81. The van der Waals surface area contributed by atoms with E-state index in [1.54, 1.807) is 25.3 Å². The summed E-state index contributed by atoms with van der Waals surface area (Å²) in [6, 6.07) is 28.7. The summed E-state index contributed by atoms with van der Waals surface area (Å²) in [5, 5.41) is 11.5. The highest BCUT2D eigenvalue weighted by atomic mass is 16.5. The molecule has 0 unspecified atom stereocenters. The van der Waals surface area contributed by atoms with Crippen molar-refractivity contribution in [2.75, 3.05) is 19.1 Å². The zero-order chi connectivity index (χ0) is 28.8. The van der Waals surface area contributed by atoms with Gasteiger partial charge in [0.15, 0.2) is 0 Å². The van der Waals surface area contributed by atoms with Crippen molar-refractivity contribution in [3.63, 3.8) is 0 Å². The van der Waals surface area contributed by atoms with Crippen LogP contribution in [0.2, 0.25) is 0 Å². The number of benzene rings is 4. The number of nitrogens with one attached hydrogen (secondary N) is 1. The molecule has 4 aromatic carbocycles. The maximum absolute atomic E-state index is 14.4. The molecule has 0 spiro atoms. The molecule has 1 aromatic heterocycles. The third-order valence-electron chi connectivity index (χ3n) is 6.92. The van der Waals surface area contributed by atoms with Gasteiger partial charge < -0.3 is 14.8 Å². The van der Waals surface area contributed by atoms with Crippen LogP contribution >= 0.6 is 0 Å². The quantitative estimate of drug-likeness (QED) is 0.268. The SMILES string of the molecule is COc1ccc(N(C(=O)Cn2nnc3ccccc32)[C@H](C(=O)NCc2ccccc2)c2ccccc2C)c(OC)c1. The van der Waals surface area contributed by atoms with Crippen molar-refractivity contribution < 1.29 is 19.1 Å². The average Bonchev–Trinajstić information content (AvgIpc) is 3.42. The topological polar surface area (TPSA) is 98.6 Å². The summed E-state index contributed by atoms with van der Waals surface area (Å²) < 4.78 is 12.6. The minimum absolute atomic E-state index is 0.149. The fourth-order valence-electron chi connectivity index (χ4n) is 4.81. The second-order valence-corrected chi connectivity index (χ2v) is 9.50. The predicted octanol–water partition coefficient (Wildman–Crippen LogP) is 4.85. The van der Waals surface area contributed by atoms with Gasteiger partial charge in [0.05, 0.1) is 25.4 Å². The van der Waals surface area contributed by atoms with Gasteiger partial charge >= 0.3 is 0 Å². The predicted molar refractivity (Wildman–Crippen MR) is 157 cm³/mol. The van der Waals surface area contributed by atoms with Crippen LogP contribution in [0.25, 0.3) is 11.0 Å². The van der Waals surface area contributed by atoms with Gasteiger partial charge in [0.2, 0.25) is 11.8 Å². The third kappa shape index (κ3) is 5.89. The van der Waals surface area contributed by atoms with Crippen molar-refractivity contribution in [2.24, 2.45) is 0 Å². The monoisotopic (exact) mass is 549 g/mol. The molecule has 0 bridgehead atoms. The van der Waals surface area contributed by atoms with Crippen LogP contribution in [-0.4, -0.2) is 41.0 Å². The standard InChI is InChI=1S/C32H31N5O4/c1-22-11-7-8-14-25(22)31(32(39)33-20-23-12-5-4-6-13-23)37(28-18-17-24(40-2)19-29(28)41-3)30(38)21-36-27-16-10-9-15-26(27)34-35-36/h4-19,31H,20-21H2,1-3H3,(H,33,39)/t31-/m0/s1. The Bertz CT molecular complexity index is 1670. The molecule has 2 amide bonds. The number of para-hydroxylation sites is 1. The first-order valence-corrected chi connectivity index (χ1v) is 13.2. The number of anilines is 1. The van der Waals surface area contributed by atoms with E-state index in [0.717, 1.165) is 11.1 Å². The maximum atomic E-state index is 14.4. The molecule has 0 radical (unpaired) electrons. The molecule has 0 aliphatic heterocycles. The summed E-state index contributed by atoms with van der Waals surface area (Å²) in [6.07, 6.45) is 0. The Balaban J connectivity index is 1.62. The number of hydrogen-bond acceptors (Lipinski definition) is 6. The van der Waals surface area contributed by atoms with Crippen LogP contribution in [0.1, 0.15) is 22.7 Å². The van der Waals surface area contributed by atoms with Crippen LogP contribution in [0.5, 0.6) is 11.5 Å². The van der Waals surface area contributed by atoms with Crippen LogP contribution in [-0.2, 0) is 22.7 Å². The van der Waals surface area contributed by atoms with E-state index in [9.17, 15) is 9.59 Å². The molecule has 0 aliphatic carbocycles. The van der Waals surface area contributed by atoms with Crippen LogP contribution in [0.4, 0.5) is 5.69 Å². The highest BCUT2D eigenvalue weighted by molar-refractivity contribution is 6.02. The molecule has 5 aromatic rings. The molecule has 0 saturated carbocycles. The van der Waals surface area contributed by atoms with Crippen LogP contribution in [0.3, 0.4) is 0 Å². The first kappa shape index (κ1) is 27.4. The number of carbonyl (C=O) groups is 2. The van der Waals surface area contributed by atoms with Gasteiger partial charge in [-0.3, -0.25) is 14.5 Å². The van der Waals surface area contributed by atoms with Crippen molar-refractivity contribution in [3.05, 3.63) is 114 Å². The maximum Gasteiger partial charge on any atom is 0.249 e. The number of rotatable bonds is 10. The molecule has 0 saturated heterocycles. The van der Waals surface area contributed by atoms with E-state index in [2.05, 4.69) is 15.6 Å². The van der Waals surface area contributed by atoms with E-state index in [1.165, 1.54) is 16.7 Å². The molecule has 1 atom stereocenters. The summed E-state index contributed by atoms with van der Waals surface area (Å²) in [5.74, 6) is 0.238. The highest BCUT2D eigenvalue weighted by Crippen LogP contribution is 2.38. The number of carbonyl (C=O) groups excluding carboxylic acids is 2. The number of hydrogen-bond donors (Lipinski definition) is 1. The summed E-state index contributed by atoms with van der Waals surface area (Å²) >= 11 is 0. The van der Waals surface area contributed by atoms with E-state index in [0.29, 0.717) is 40.3 Å². The Morgan fingerprint density at radius 1 is 0.902 bits per heavy atom. The molecule has 1 N–H and O–H groups in total. The average molecular weight is 550 g/mol. The van der Waals surface area contributed by atoms with E-state index < -0.39 is 6.04 Å². The molecule has 9 heteroatoms. The second kappa shape index (κ2) is 12.3. The molecule has 9 nitrogen and oxygen atoms in total. The van der Waals surface area contributed by atoms with Crippen LogP contribution in [0.15, 0.2) is 97.1 Å². The minimum Gasteiger partial charge on any atom is -0.497 e. The van der Waals surface area contributed by atoms with E-state index in [4.69, 9.17) is 9.47 Å². The van der Waals surface area contributed by atoms with Crippen molar-refractivity contribution in [3.8, 4) is 11.5 Å². The molecular formula is C32H31N5O4. The Morgan fingerprint density at radius 3 is 2.39 bits per heavy atom. The largest absolute Gasteiger partial charge is 0.497 e. The summed E-state index contributed by atoms with van der Waals surface area (Å²) in [5.41, 5.74) is 4.30. The lowest BCUT2D eigenvalue weighted by Crippen LogP contribution is -2.45. The van der Waals surface area contributed by atoms with Gasteiger partial charge in [0, 0.05) is 12.6 Å². The minimum atomic E-state index is -1.01. The zero-order valence-electron chi connectivity index (χ0n) is 23.2. The number of amides is 2. The first-order chi connectivity index (χ1) is 20.0. The van der Waals surface area contributed by atoms with Crippen molar-refractivity contribution in [2.45, 2.75) is 26.1 Å². The molecule has 1 heterocycles. The Kier molecular flexibility index (Phi) is 8.24. The van der Waals surface area contributed by atoms with E-state index in [-0.39, 0.29) is 18.4 Å². The van der Waals surface area contributed by atoms with Gasteiger partial charge in [-0.05, 0) is 47.9 Å². The summed E-state index contributed by atoms with van der Waals surface area (Å²) in [6.45, 7) is 2.08. The highest BCUT2D eigenvalue weighted by Gasteiger charge is 2.35. The number of nitrogens with zero attached hydrogens (tertiary/aromatic N) is 4. The number of ether oxygens (including phenoxy) is 2. The van der Waals surface area contributed by atoms with Crippen LogP contribution in [0, 0.1) is 6.92 Å². The van der Waals surface area contributed by atoms with Gasteiger partial charge in [0.1, 0.15) is 29.6 Å². The Labute approximate surface area is 238 Å². The third-order valence-corrected chi connectivity index (χ3v) is 6.92. The van der Waals surface area contributed by atoms with Crippen molar-refractivity contribution >= 4 is 28.5 Å². The van der Waals surface area contributed by atoms with Crippen molar-refractivity contribution in [1.82, 2.24) is 20.3 Å². The Hall–Kier alpha value is -5.18. The van der Waals surface area contributed by atoms with Crippen molar-refractivity contribution in [1.29, 1.82) is 0 Å². The molecular weight excluding hydrogens is 518 g/mol. The fraction of sp³-hybridized carbons (Fsp3) is 0.188. The zero-order valence-corrected chi connectivity index (χ0v) is 23.2. The smallest absolute Gasteiger partial charge is 0.249 e. The molecule has 0 aliphatic rings. The second-order valence-electron chi connectivity index (χ2n) is 9.50. The molecule has 5 rings (SSSR count). The van der Waals surface area contributed by atoms with E-state index in [1.807, 2.05) is 85.8 Å². The Morgan fingerprint density at radius 2 is 1.63 bits per heavy atom. The molecule has 41 heavy (non-hydrogen) atoms. The summed E-state index contributed by atoms with van der Waals surface area (Å²) in [7, 11) is 3.07. The van der Waals surface area contributed by atoms with Gasteiger partial charge in [-0.25, -0.2) is 4.68 Å². The number of aryl methyl sites for hydroxylation is 1.